The number of rotatable bonds is 9. The van der Waals surface area contributed by atoms with Crippen LogP contribution >= 0.6 is 0 Å². The van der Waals surface area contributed by atoms with Crippen LogP contribution in [0.2, 0.25) is 0 Å². The predicted octanol–water partition coefficient (Wildman–Crippen LogP) is 3.03. The quantitative estimate of drug-likeness (QED) is 0.554. The van der Waals surface area contributed by atoms with Crippen LogP contribution in [-0.2, 0) is 13.1 Å². The van der Waals surface area contributed by atoms with E-state index in [1.54, 1.807) is 36.8 Å². The molecule has 2 aromatic carbocycles. The van der Waals surface area contributed by atoms with Crippen LogP contribution in [-0.4, -0.2) is 47.3 Å². The predicted molar refractivity (Wildman–Crippen MR) is 119 cm³/mol. The molecular formula is C24H26N4O4. The minimum Gasteiger partial charge on any atom is -0.489 e. The number of benzene rings is 2. The molecule has 0 fully saturated rings. The highest BCUT2D eigenvalue weighted by molar-refractivity contribution is 5.94. The second-order valence-corrected chi connectivity index (χ2v) is 7.72. The standard InChI is InChI=1S/C24H26N4O4/c1-17(12-27-24(29)19-6-7-22-23(11-19)31-16-30-22)32-21-5-3-4-18(10-21)14-28(2)15-20-13-25-8-9-26-20/h3-11,13,17H,12,14-16H2,1-2H3,(H,27,29)/t17-/m1/s1. The molecule has 32 heavy (non-hydrogen) atoms. The molecule has 166 valence electrons. The highest BCUT2D eigenvalue weighted by atomic mass is 16.7. The molecule has 1 aliphatic rings. The van der Waals surface area contributed by atoms with Crippen molar-refractivity contribution in [3.63, 3.8) is 0 Å². The molecule has 1 atom stereocenters. The SMILES string of the molecule is C[C@H](CNC(=O)c1ccc2c(c1)OCO2)Oc1cccc(CN(C)Cc2cnccn2)c1. The summed E-state index contributed by atoms with van der Waals surface area (Å²) in [6, 6.07) is 13.1. The summed E-state index contributed by atoms with van der Waals surface area (Å²) >= 11 is 0. The van der Waals surface area contributed by atoms with Gasteiger partial charge in [0.2, 0.25) is 6.79 Å². The molecule has 3 aromatic rings. The van der Waals surface area contributed by atoms with E-state index in [1.165, 1.54) is 0 Å². The fraction of sp³-hybridized carbons (Fsp3) is 0.292. The zero-order chi connectivity index (χ0) is 22.3. The van der Waals surface area contributed by atoms with Crippen molar-refractivity contribution in [2.75, 3.05) is 20.4 Å². The third kappa shape index (κ3) is 5.73. The van der Waals surface area contributed by atoms with Gasteiger partial charge in [-0.15, -0.1) is 0 Å². The van der Waals surface area contributed by atoms with Crippen LogP contribution in [0.3, 0.4) is 0 Å². The summed E-state index contributed by atoms with van der Waals surface area (Å²) in [6.07, 6.45) is 4.95. The molecule has 1 N–H and O–H groups in total. The number of ether oxygens (including phenoxy) is 3. The van der Waals surface area contributed by atoms with Crippen molar-refractivity contribution in [3.05, 3.63) is 77.9 Å². The average molecular weight is 434 g/mol. The van der Waals surface area contributed by atoms with Crippen molar-refractivity contribution >= 4 is 5.91 Å². The number of nitrogens with one attached hydrogen (secondary N) is 1. The summed E-state index contributed by atoms with van der Waals surface area (Å²) in [4.78, 5) is 23.0. The molecule has 1 amide bonds. The Hall–Kier alpha value is -3.65. The number of nitrogens with zero attached hydrogens (tertiary/aromatic N) is 3. The first-order valence-electron chi connectivity index (χ1n) is 10.4. The number of hydrogen-bond donors (Lipinski definition) is 1. The molecule has 1 aromatic heterocycles. The lowest BCUT2D eigenvalue weighted by Crippen LogP contribution is -2.33. The number of carbonyl (C=O) groups is 1. The maximum absolute atomic E-state index is 12.4. The van der Waals surface area contributed by atoms with Gasteiger partial charge >= 0.3 is 0 Å². The average Bonchev–Trinajstić information content (AvgIpc) is 3.26. The van der Waals surface area contributed by atoms with Crippen molar-refractivity contribution < 1.29 is 19.0 Å². The summed E-state index contributed by atoms with van der Waals surface area (Å²) in [5.41, 5.74) is 2.58. The van der Waals surface area contributed by atoms with Crippen LogP contribution in [0.15, 0.2) is 61.1 Å². The Kier molecular flexibility index (Phi) is 6.81. The van der Waals surface area contributed by atoms with Crippen LogP contribution in [0, 0.1) is 0 Å². The van der Waals surface area contributed by atoms with Gasteiger partial charge in [-0.2, -0.15) is 0 Å². The van der Waals surface area contributed by atoms with Gasteiger partial charge in [-0.25, -0.2) is 0 Å². The van der Waals surface area contributed by atoms with Gasteiger partial charge in [-0.3, -0.25) is 19.7 Å². The zero-order valence-electron chi connectivity index (χ0n) is 18.2. The Morgan fingerprint density at radius 2 is 2.03 bits per heavy atom. The Morgan fingerprint density at radius 1 is 1.16 bits per heavy atom. The highest BCUT2D eigenvalue weighted by Crippen LogP contribution is 2.32. The lowest BCUT2D eigenvalue weighted by Gasteiger charge is -2.18. The number of amides is 1. The lowest BCUT2D eigenvalue weighted by atomic mass is 10.2. The van der Waals surface area contributed by atoms with E-state index < -0.39 is 0 Å². The zero-order valence-corrected chi connectivity index (χ0v) is 18.2. The minimum absolute atomic E-state index is 0.181. The maximum atomic E-state index is 12.4. The van der Waals surface area contributed by atoms with Gasteiger partial charge in [0.25, 0.3) is 5.91 Å². The number of hydrogen-bond acceptors (Lipinski definition) is 7. The normalized spacial score (nSPS) is 13.1. The number of aromatic nitrogens is 2. The van der Waals surface area contributed by atoms with Crippen LogP contribution < -0.4 is 19.5 Å². The largest absolute Gasteiger partial charge is 0.489 e. The van der Waals surface area contributed by atoms with Crippen molar-refractivity contribution in [1.29, 1.82) is 0 Å². The molecule has 0 saturated carbocycles. The van der Waals surface area contributed by atoms with Crippen LogP contribution in [0.1, 0.15) is 28.5 Å². The second-order valence-electron chi connectivity index (χ2n) is 7.72. The summed E-state index contributed by atoms with van der Waals surface area (Å²) in [5, 5.41) is 2.90. The molecule has 0 radical (unpaired) electrons. The minimum atomic E-state index is -0.194. The van der Waals surface area contributed by atoms with Crippen molar-refractivity contribution in [2.24, 2.45) is 0 Å². The molecule has 8 heteroatoms. The van der Waals surface area contributed by atoms with Crippen molar-refractivity contribution in [1.82, 2.24) is 20.2 Å². The van der Waals surface area contributed by atoms with E-state index in [9.17, 15) is 4.79 Å². The molecular weight excluding hydrogens is 408 g/mol. The Bertz CT molecular complexity index is 1060. The fourth-order valence-corrected chi connectivity index (χ4v) is 3.42. The molecule has 4 rings (SSSR count). The van der Waals surface area contributed by atoms with E-state index in [4.69, 9.17) is 14.2 Å². The van der Waals surface area contributed by atoms with Crippen LogP contribution in [0.5, 0.6) is 17.2 Å². The van der Waals surface area contributed by atoms with E-state index in [-0.39, 0.29) is 18.8 Å². The van der Waals surface area contributed by atoms with Gasteiger partial charge < -0.3 is 19.5 Å². The van der Waals surface area contributed by atoms with Gasteiger partial charge in [0.1, 0.15) is 11.9 Å². The molecule has 0 spiro atoms. The molecule has 2 heterocycles. The first-order valence-corrected chi connectivity index (χ1v) is 10.4. The topological polar surface area (TPSA) is 85.8 Å². The van der Waals surface area contributed by atoms with Gasteiger partial charge in [0.15, 0.2) is 11.5 Å². The Balaban J connectivity index is 1.27. The first-order chi connectivity index (χ1) is 15.6. The van der Waals surface area contributed by atoms with Crippen LogP contribution in [0.4, 0.5) is 0 Å². The van der Waals surface area contributed by atoms with Gasteiger partial charge in [-0.1, -0.05) is 12.1 Å². The van der Waals surface area contributed by atoms with Gasteiger partial charge in [-0.05, 0) is 49.9 Å². The van der Waals surface area contributed by atoms with E-state index >= 15 is 0 Å². The van der Waals surface area contributed by atoms with Gasteiger partial charge in [0.05, 0.1) is 12.2 Å². The second kappa shape index (κ2) is 10.1. The van der Waals surface area contributed by atoms with Crippen molar-refractivity contribution in [2.45, 2.75) is 26.1 Å². The summed E-state index contributed by atoms with van der Waals surface area (Å²) in [7, 11) is 2.04. The smallest absolute Gasteiger partial charge is 0.251 e. The lowest BCUT2D eigenvalue weighted by molar-refractivity contribution is 0.0931. The Morgan fingerprint density at radius 3 is 2.88 bits per heavy atom. The maximum Gasteiger partial charge on any atom is 0.251 e. The van der Waals surface area contributed by atoms with E-state index in [0.717, 1.165) is 23.6 Å². The van der Waals surface area contributed by atoms with E-state index in [2.05, 4.69) is 26.3 Å². The molecule has 0 aliphatic carbocycles. The first kappa shape index (κ1) is 21.6. The van der Waals surface area contributed by atoms with Gasteiger partial charge in [0, 0.05) is 37.2 Å². The van der Waals surface area contributed by atoms with Crippen LogP contribution in [0.25, 0.3) is 0 Å². The third-order valence-corrected chi connectivity index (χ3v) is 4.92. The summed E-state index contributed by atoms with van der Waals surface area (Å²) in [6.45, 7) is 3.95. The highest BCUT2D eigenvalue weighted by Gasteiger charge is 2.17. The fourth-order valence-electron chi connectivity index (χ4n) is 3.42. The summed E-state index contributed by atoms with van der Waals surface area (Å²) < 4.78 is 16.6. The molecule has 0 unspecified atom stereocenters. The van der Waals surface area contributed by atoms with E-state index in [1.807, 2.05) is 32.2 Å². The Labute approximate surface area is 187 Å². The number of fused-ring (bicyclic) bond motifs is 1. The molecule has 1 aliphatic heterocycles. The number of carbonyl (C=O) groups excluding carboxylic acids is 1. The monoisotopic (exact) mass is 434 g/mol. The van der Waals surface area contributed by atoms with E-state index in [0.29, 0.717) is 30.2 Å². The molecule has 0 saturated heterocycles. The molecule has 8 nitrogen and oxygen atoms in total. The molecule has 0 bridgehead atoms. The summed E-state index contributed by atoms with van der Waals surface area (Å²) in [5.74, 6) is 1.82. The van der Waals surface area contributed by atoms with Crippen molar-refractivity contribution in [3.8, 4) is 17.2 Å². The third-order valence-electron chi connectivity index (χ3n) is 4.92.